The predicted molar refractivity (Wildman–Crippen MR) is 115 cm³/mol. The summed E-state index contributed by atoms with van der Waals surface area (Å²) in [7, 11) is 2.61. The van der Waals surface area contributed by atoms with Crippen LogP contribution in [-0.4, -0.2) is 38.2 Å². The van der Waals surface area contributed by atoms with Gasteiger partial charge in [-0.2, -0.15) is 0 Å². The Hall–Kier alpha value is -2.63. The molecular weight excluding hydrogens is 396 g/mol. The molecule has 2 aliphatic carbocycles. The molecule has 31 heavy (non-hydrogen) atoms. The van der Waals surface area contributed by atoms with Gasteiger partial charge in [0.05, 0.1) is 31.8 Å². The zero-order chi connectivity index (χ0) is 22.8. The highest BCUT2D eigenvalue weighted by Gasteiger charge is 2.58. The van der Waals surface area contributed by atoms with Crippen LogP contribution in [0.15, 0.2) is 41.5 Å². The third kappa shape index (κ3) is 4.39. The zero-order valence-electron chi connectivity index (χ0n) is 19.0. The fraction of sp³-hybridized carbons (Fsp3) is 0.560. The number of benzene rings is 1. The Labute approximate surface area is 183 Å². The number of ether oxygens (including phenoxy) is 3. The van der Waals surface area contributed by atoms with Gasteiger partial charge >= 0.3 is 17.9 Å². The first kappa shape index (κ1) is 23.0. The first-order chi connectivity index (χ1) is 14.6. The minimum atomic E-state index is -0.658. The summed E-state index contributed by atoms with van der Waals surface area (Å²) in [4.78, 5) is 38.4. The normalized spacial score (nSPS) is 27.1. The van der Waals surface area contributed by atoms with E-state index in [1.807, 2.05) is 37.3 Å². The zero-order valence-corrected chi connectivity index (χ0v) is 19.0. The van der Waals surface area contributed by atoms with E-state index in [0.717, 1.165) is 18.4 Å². The quantitative estimate of drug-likeness (QED) is 0.521. The van der Waals surface area contributed by atoms with Crippen molar-refractivity contribution in [1.29, 1.82) is 0 Å². The molecule has 0 aromatic heterocycles. The van der Waals surface area contributed by atoms with Crippen LogP contribution in [0.4, 0.5) is 0 Å². The summed E-state index contributed by atoms with van der Waals surface area (Å²) in [5.74, 6) is -1.56. The molecule has 0 spiro atoms. The lowest BCUT2D eigenvalue weighted by Crippen LogP contribution is -2.55. The summed E-state index contributed by atoms with van der Waals surface area (Å²) >= 11 is 0. The Morgan fingerprint density at radius 1 is 0.968 bits per heavy atom. The fourth-order valence-electron chi connectivity index (χ4n) is 5.89. The second kappa shape index (κ2) is 8.85. The van der Waals surface area contributed by atoms with Gasteiger partial charge in [-0.1, -0.05) is 57.5 Å². The number of methoxy groups -OCH3 is 2. The summed E-state index contributed by atoms with van der Waals surface area (Å²) in [5, 5.41) is 0. The molecule has 3 atom stereocenters. The standard InChI is InChI=1S/C25H32O6/c1-24(2)12-9-13-25(3)20(23(28)30-5)17(22(27)29-4)15-18(21(24)25)31-19(26)14-16-10-7-6-8-11-16/h6-8,10-11,18,21H,9,12-15H2,1-5H3/t18-,21-,25+/m1/s1. The van der Waals surface area contributed by atoms with Gasteiger partial charge in [0.1, 0.15) is 6.10 Å². The van der Waals surface area contributed by atoms with Gasteiger partial charge in [-0.05, 0) is 23.8 Å². The summed E-state index contributed by atoms with van der Waals surface area (Å²) in [6.45, 7) is 6.28. The third-order valence-corrected chi connectivity index (χ3v) is 6.99. The highest BCUT2D eigenvalue weighted by atomic mass is 16.5. The van der Waals surface area contributed by atoms with Gasteiger partial charge in [0.15, 0.2) is 0 Å². The van der Waals surface area contributed by atoms with Crippen LogP contribution in [0.3, 0.4) is 0 Å². The Kier molecular flexibility index (Phi) is 6.58. The predicted octanol–water partition coefficient (Wildman–Crippen LogP) is 4.02. The Balaban J connectivity index is 2.03. The highest BCUT2D eigenvalue weighted by Crippen LogP contribution is 2.60. The molecule has 1 fully saturated rings. The van der Waals surface area contributed by atoms with Crippen LogP contribution in [0.5, 0.6) is 0 Å². The van der Waals surface area contributed by atoms with Crippen LogP contribution in [0.2, 0.25) is 0 Å². The lowest BCUT2D eigenvalue weighted by molar-refractivity contribution is -0.166. The molecule has 0 N–H and O–H groups in total. The average molecular weight is 429 g/mol. The molecule has 1 aromatic carbocycles. The van der Waals surface area contributed by atoms with Crippen molar-refractivity contribution in [3.05, 3.63) is 47.0 Å². The molecule has 6 heteroatoms. The molecule has 3 rings (SSSR count). The summed E-state index contributed by atoms with van der Waals surface area (Å²) < 4.78 is 16.1. The largest absolute Gasteiger partial charge is 0.466 e. The van der Waals surface area contributed by atoms with Gasteiger partial charge in [0.25, 0.3) is 0 Å². The second-order valence-corrected chi connectivity index (χ2v) is 9.47. The van der Waals surface area contributed by atoms with E-state index in [0.29, 0.717) is 12.0 Å². The van der Waals surface area contributed by atoms with Crippen LogP contribution in [0.1, 0.15) is 52.0 Å². The van der Waals surface area contributed by atoms with Crippen molar-refractivity contribution in [2.24, 2.45) is 16.7 Å². The van der Waals surface area contributed by atoms with E-state index >= 15 is 0 Å². The molecule has 0 saturated heterocycles. The molecular formula is C25H32O6. The molecule has 0 unspecified atom stereocenters. The van der Waals surface area contributed by atoms with Crippen molar-refractivity contribution < 1.29 is 28.6 Å². The first-order valence-corrected chi connectivity index (χ1v) is 10.8. The Morgan fingerprint density at radius 2 is 1.61 bits per heavy atom. The van der Waals surface area contributed by atoms with E-state index in [4.69, 9.17) is 14.2 Å². The second-order valence-electron chi connectivity index (χ2n) is 9.47. The van der Waals surface area contributed by atoms with Crippen molar-refractivity contribution >= 4 is 17.9 Å². The monoisotopic (exact) mass is 428 g/mol. The molecule has 0 heterocycles. The van der Waals surface area contributed by atoms with Gasteiger partial charge in [-0.15, -0.1) is 0 Å². The van der Waals surface area contributed by atoms with E-state index < -0.39 is 23.5 Å². The maximum atomic E-state index is 12.8. The number of hydrogen-bond donors (Lipinski definition) is 0. The van der Waals surface area contributed by atoms with Gasteiger partial charge in [-0.25, -0.2) is 9.59 Å². The topological polar surface area (TPSA) is 78.9 Å². The number of hydrogen-bond acceptors (Lipinski definition) is 6. The van der Waals surface area contributed by atoms with Crippen LogP contribution < -0.4 is 0 Å². The summed E-state index contributed by atoms with van der Waals surface area (Å²) in [6, 6.07) is 9.42. The van der Waals surface area contributed by atoms with E-state index in [1.165, 1.54) is 14.2 Å². The van der Waals surface area contributed by atoms with Crippen LogP contribution in [0, 0.1) is 16.7 Å². The number of fused-ring (bicyclic) bond motifs is 1. The van der Waals surface area contributed by atoms with E-state index in [-0.39, 0.29) is 35.7 Å². The van der Waals surface area contributed by atoms with E-state index in [9.17, 15) is 14.4 Å². The van der Waals surface area contributed by atoms with Crippen molar-refractivity contribution in [2.45, 2.75) is 59.0 Å². The van der Waals surface area contributed by atoms with Crippen LogP contribution >= 0.6 is 0 Å². The molecule has 6 nitrogen and oxygen atoms in total. The van der Waals surface area contributed by atoms with Gasteiger partial charge < -0.3 is 14.2 Å². The lowest BCUT2D eigenvalue weighted by atomic mass is 9.49. The molecule has 168 valence electrons. The van der Waals surface area contributed by atoms with Crippen molar-refractivity contribution in [1.82, 2.24) is 0 Å². The summed E-state index contributed by atoms with van der Waals surface area (Å²) in [6.07, 6.45) is 2.32. The van der Waals surface area contributed by atoms with Crippen LogP contribution in [0.25, 0.3) is 0 Å². The molecule has 0 aliphatic heterocycles. The molecule has 1 saturated carbocycles. The minimum Gasteiger partial charge on any atom is -0.466 e. The molecule has 1 aromatic rings. The lowest BCUT2D eigenvalue weighted by Gasteiger charge is -2.56. The number of esters is 3. The van der Waals surface area contributed by atoms with E-state index in [1.54, 1.807) is 0 Å². The van der Waals surface area contributed by atoms with Crippen LogP contribution in [-0.2, 0) is 35.0 Å². The Bertz CT molecular complexity index is 885. The van der Waals surface area contributed by atoms with Crippen molar-refractivity contribution in [3.63, 3.8) is 0 Å². The molecule has 0 amide bonds. The van der Waals surface area contributed by atoms with Crippen molar-refractivity contribution in [2.75, 3.05) is 14.2 Å². The summed E-state index contributed by atoms with van der Waals surface area (Å²) in [5.41, 5.74) is 0.645. The number of carbonyl (C=O) groups is 3. The smallest absolute Gasteiger partial charge is 0.334 e. The number of rotatable bonds is 5. The minimum absolute atomic E-state index is 0.129. The van der Waals surface area contributed by atoms with Gasteiger partial charge in [0.2, 0.25) is 0 Å². The molecule has 0 bridgehead atoms. The molecule has 0 radical (unpaired) electrons. The van der Waals surface area contributed by atoms with Gasteiger partial charge in [0, 0.05) is 17.8 Å². The number of carbonyl (C=O) groups excluding carboxylic acids is 3. The SMILES string of the molecule is COC(=O)C1=C(C(=O)OC)[C@]2(C)CCCC(C)(C)[C@H]2[C@H](OC(=O)Cc2ccccc2)C1. The first-order valence-electron chi connectivity index (χ1n) is 10.8. The third-order valence-electron chi connectivity index (χ3n) is 6.99. The Morgan fingerprint density at radius 3 is 2.23 bits per heavy atom. The molecule has 2 aliphatic rings. The maximum absolute atomic E-state index is 12.8. The van der Waals surface area contributed by atoms with Crippen molar-refractivity contribution in [3.8, 4) is 0 Å². The average Bonchev–Trinajstić information content (AvgIpc) is 2.71. The van der Waals surface area contributed by atoms with Gasteiger partial charge in [-0.3, -0.25) is 4.79 Å². The van der Waals surface area contributed by atoms with E-state index in [2.05, 4.69) is 13.8 Å². The maximum Gasteiger partial charge on any atom is 0.334 e. The highest BCUT2D eigenvalue weighted by molar-refractivity contribution is 6.02. The fourth-order valence-corrected chi connectivity index (χ4v) is 5.89.